The molecular formula is C13H14F3N5OS. The van der Waals surface area contributed by atoms with Gasteiger partial charge in [-0.1, -0.05) is 0 Å². The fourth-order valence-corrected chi connectivity index (χ4v) is 2.17. The summed E-state index contributed by atoms with van der Waals surface area (Å²) in [6, 6.07) is 3.62. The van der Waals surface area contributed by atoms with Crippen molar-refractivity contribution in [3.63, 3.8) is 0 Å². The van der Waals surface area contributed by atoms with Crippen LogP contribution in [0.1, 0.15) is 18.3 Å². The summed E-state index contributed by atoms with van der Waals surface area (Å²) in [5, 5.41) is 11.6. The molecule has 0 spiro atoms. The van der Waals surface area contributed by atoms with Crippen molar-refractivity contribution in [1.29, 1.82) is 0 Å². The van der Waals surface area contributed by atoms with Crippen molar-refractivity contribution in [2.45, 2.75) is 26.2 Å². The molecule has 1 aromatic heterocycles. The summed E-state index contributed by atoms with van der Waals surface area (Å²) >= 11 is 5.02. The van der Waals surface area contributed by atoms with E-state index in [1.165, 1.54) is 12.1 Å². The lowest BCUT2D eigenvalue weighted by molar-refractivity contribution is -0.137. The van der Waals surface area contributed by atoms with Crippen molar-refractivity contribution in [2.75, 3.05) is 5.32 Å². The van der Waals surface area contributed by atoms with E-state index >= 15 is 0 Å². The summed E-state index contributed by atoms with van der Waals surface area (Å²) in [5.74, 6) is 0.556. The van der Waals surface area contributed by atoms with E-state index in [0.717, 1.165) is 12.1 Å². The topological polar surface area (TPSA) is 74.7 Å². The highest BCUT2D eigenvalue weighted by molar-refractivity contribution is 7.71. The third-order valence-electron chi connectivity index (χ3n) is 3.03. The van der Waals surface area contributed by atoms with E-state index in [1.807, 2.05) is 6.92 Å². The zero-order chi connectivity index (χ0) is 17.0. The van der Waals surface area contributed by atoms with Gasteiger partial charge < -0.3 is 15.2 Å². The summed E-state index contributed by atoms with van der Waals surface area (Å²) in [6.07, 6.45) is -4.41. The minimum Gasteiger partial charge on any atom is -0.331 e. The molecule has 0 aliphatic rings. The van der Waals surface area contributed by atoms with Gasteiger partial charge in [-0.25, -0.2) is 4.79 Å². The molecule has 0 atom stereocenters. The quantitative estimate of drug-likeness (QED) is 0.744. The van der Waals surface area contributed by atoms with Crippen LogP contribution in [0.25, 0.3) is 0 Å². The molecule has 1 aromatic carbocycles. The molecule has 0 unspecified atom stereocenters. The molecular weight excluding hydrogens is 331 g/mol. The van der Waals surface area contributed by atoms with Gasteiger partial charge in [0.1, 0.15) is 0 Å². The molecule has 6 nitrogen and oxygen atoms in total. The molecule has 2 rings (SSSR count). The number of carbonyl (C=O) groups is 1. The minimum atomic E-state index is -4.41. The smallest absolute Gasteiger partial charge is 0.331 e. The number of benzene rings is 1. The average Bonchev–Trinajstić information content (AvgIpc) is 2.85. The van der Waals surface area contributed by atoms with Gasteiger partial charge in [-0.15, -0.1) is 0 Å². The summed E-state index contributed by atoms with van der Waals surface area (Å²) in [6.45, 7) is 2.62. The number of alkyl halides is 3. The number of carbonyl (C=O) groups excluding carboxylic acids is 1. The van der Waals surface area contributed by atoms with Gasteiger partial charge in [0, 0.05) is 12.2 Å². The highest BCUT2D eigenvalue weighted by atomic mass is 32.1. The number of rotatable bonds is 4. The monoisotopic (exact) mass is 345 g/mol. The van der Waals surface area contributed by atoms with Crippen LogP contribution in [0.5, 0.6) is 0 Å². The van der Waals surface area contributed by atoms with Crippen molar-refractivity contribution in [2.24, 2.45) is 0 Å². The maximum Gasteiger partial charge on any atom is 0.416 e. The summed E-state index contributed by atoms with van der Waals surface area (Å²) in [4.78, 5) is 11.8. The maximum atomic E-state index is 12.4. The predicted octanol–water partition coefficient (Wildman–Crippen LogP) is 3.30. The first-order chi connectivity index (χ1) is 10.8. The first-order valence-electron chi connectivity index (χ1n) is 6.67. The second-order valence-corrected chi connectivity index (χ2v) is 4.96. The second kappa shape index (κ2) is 6.82. The Morgan fingerprint density at radius 3 is 2.57 bits per heavy atom. The van der Waals surface area contributed by atoms with Crippen LogP contribution in [0.3, 0.4) is 0 Å². The van der Waals surface area contributed by atoms with Gasteiger partial charge in [-0.2, -0.15) is 18.3 Å². The Balaban J connectivity index is 1.93. The molecule has 0 fully saturated rings. The van der Waals surface area contributed by atoms with E-state index in [9.17, 15) is 18.0 Å². The van der Waals surface area contributed by atoms with Crippen LogP contribution >= 0.6 is 12.2 Å². The maximum absolute atomic E-state index is 12.4. The number of hydrogen-bond acceptors (Lipinski definition) is 3. The van der Waals surface area contributed by atoms with E-state index in [-0.39, 0.29) is 12.2 Å². The van der Waals surface area contributed by atoms with Gasteiger partial charge in [0.25, 0.3) is 0 Å². The van der Waals surface area contributed by atoms with Crippen molar-refractivity contribution in [3.05, 3.63) is 40.4 Å². The lowest BCUT2D eigenvalue weighted by Gasteiger charge is -2.10. The SMILES string of the molecule is CCn1c(CNC(=O)Nc2ccc(C(F)(F)F)cc2)n[nH]c1=S. The zero-order valence-corrected chi connectivity index (χ0v) is 12.9. The molecule has 3 N–H and O–H groups in total. The minimum absolute atomic E-state index is 0.132. The van der Waals surface area contributed by atoms with Crippen LogP contribution < -0.4 is 10.6 Å². The number of nitrogens with one attached hydrogen (secondary N) is 3. The third-order valence-corrected chi connectivity index (χ3v) is 3.34. The number of urea groups is 1. The van der Waals surface area contributed by atoms with Crippen molar-refractivity contribution >= 4 is 23.9 Å². The molecule has 0 aliphatic heterocycles. The predicted molar refractivity (Wildman–Crippen MR) is 80.4 cm³/mol. The van der Waals surface area contributed by atoms with E-state index in [2.05, 4.69) is 20.8 Å². The largest absolute Gasteiger partial charge is 0.416 e. The van der Waals surface area contributed by atoms with E-state index in [1.54, 1.807) is 4.57 Å². The Labute approximate surface area is 134 Å². The van der Waals surface area contributed by atoms with Crippen LogP contribution in [0.2, 0.25) is 0 Å². The van der Waals surface area contributed by atoms with Crippen LogP contribution in [-0.4, -0.2) is 20.8 Å². The summed E-state index contributed by atoms with van der Waals surface area (Å²) < 4.78 is 39.5. The molecule has 0 saturated heterocycles. The Bertz CT molecular complexity index is 735. The Morgan fingerprint density at radius 2 is 2.00 bits per heavy atom. The molecule has 1 heterocycles. The Morgan fingerprint density at radius 1 is 1.35 bits per heavy atom. The molecule has 2 aromatic rings. The number of H-pyrrole nitrogens is 1. The lowest BCUT2D eigenvalue weighted by Crippen LogP contribution is -2.29. The normalized spacial score (nSPS) is 11.3. The Hall–Kier alpha value is -2.36. The molecule has 0 saturated carbocycles. The van der Waals surface area contributed by atoms with Crippen molar-refractivity contribution in [3.8, 4) is 0 Å². The number of aromatic nitrogens is 3. The van der Waals surface area contributed by atoms with Gasteiger partial charge >= 0.3 is 12.2 Å². The number of hydrogen-bond donors (Lipinski definition) is 3. The van der Waals surface area contributed by atoms with Gasteiger partial charge in [0.15, 0.2) is 10.6 Å². The highest BCUT2D eigenvalue weighted by Crippen LogP contribution is 2.29. The molecule has 0 aliphatic carbocycles. The fourth-order valence-electron chi connectivity index (χ4n) is 1.89. The van der Waals surface area contributed by atoms with Crippen molar-refractivity contribution in [1.82, 2.24) is 20.1 Å². The van der Waals surface area contributed by atoms with E-state index < -0.39 is 17.8 Å². The second-order valence-electron chi connectivity index (χ2n) is 4.57. The third kappa shape index (κ3) is 4.31. The number of anilines is 1. The number of nitrogens with zero attached hydrogens (tertiary/aromatic N) is 2. The van der Waals surface area contributed by atoms with Crippen LogP contribution in [0.4, 0.5) is 23.7 Å². The standard InChI is InChI=1S/C13H14F3N5OS/c1-2-21-10(19-20-12(21)23)7-17-11(22)18-9-5-3-8(4-6-9)13(14,15)16/h3-6H,2,7H2,1H3,(H,20,23)(H2,17,18,22). The van der Waals surface area contributed by atoms with Gasteiger partial charge in [-0.3, -0.25) is 5.10 Å². The Kier molecular flexibility index (Phi) is 5.04. The molecule has 2 amide bonds. The molecule has 0 bridgehead atoms. The van der Waals surface area contributed by atoms with Gasteiger partial charge in [-0.05, 0) is 43.4 Å². The summed E-state index contributed by atoms with van der Waals surface area (Å²) in [5.41, 5.74) is -0.521. The molecule has 10 heteroatoms. The van der Waals surface area contributed by atoms with E-state index in [0.29, 0.717) is 17.1 Å². The number of halogens is 3. The van der Waals surface area contributed by atoms with Crippen molar-refractivity contribution < 1.29 is 18.0 Å². The van der Waals surface area contributed by atoms with Crippen LogP contribution in [0.15, 0.2) is 24.3 Å². The first-order valence-corrected chi connectivity index (χ1v) is 7.08. The van der Waals surface area contributed by atoms with Crippen LogP contribution in [0, 0.1) is 4.77 Å². The molecule has 0 radical (unpaired) electrons. The average molecular weight is 345 g/mol. The van der Waals surface area contributed by atoms with Gasteiger partial charge in [0.05, 0.1) is 12.1 Å². The highest BCUT2D eigenvalue weighted by Gasteiger charge is 2.29. The first kappa shape index (κ1) is 17.0. The molecule has 124 valence electrons. The fraction of sp³-hybridized carbons (Fsp3) is 0.308. The number of aromatic amines is 1. The molecule has 23 heavy (non-hydrogen) atoms. The van der Waals surface area contributed by atoms with Crippen LogP contribution in [-0.2, 0) is 19.3 Å². The van der Waals surface area contributed by atoms with Gasteiger partial charge in [0.2, 0.25) is 0 Å². The summed E-state index contributed by atoms with van der Waals surface area (Å²) in [7, 11) is 0. The zero-order valence-electron chi connectivity index (χ0n) is 12.1. The number of amides is 2. The lowest BCUT2D eigenvalue weighted by atomic mass is 10.2. The van der Waals surface area contributed by atoms with E-state index in [4.69, 9.17) is 12.2 Å².